The van der Waals surface area contributed by atoms with E-state index in [-0.39, 0.29) is 0 Å². The lowest BCUT2D eigenvalue weighted by Gasteiger charge is -2.39. The summed E-state index contributed by atoms with van der Waals surface area (Å²) in [5.74, 6) is 0.963. The average molecular weight is 271 g/mol. The van der Waals surface area contributed by atoms with Crippen LogP contribution in [0.25, 0.3) is 0 Å². The Balaban J connectivity index is 1.89. The van der Waals surface area contributed by atoms with Crippen molar-refractivity contribution in [1.82, 2.24) is 4.90 Å². The molecular weight excluding hydrogens is 250 g/mol. The van der Waals surface area contributed by atoms with Crippen molar-refractivity contribution in [1.29, 1.82) is 0 Å². The van der Waals surface area contributed by atoms with Crippen LogP contribution in [-0.2, 0) is 11.3 Å². The van der Waals surface area contributed by atoms with Gasteiger partial charge in [0.25, 0.3) is 0 Å². The van der Waals surface area contributed by atoms with E-state index in [1.807, 2.05) is 0 Å². The van der Waals surface area contributed by atoms with Gasteiger partial charge >= 0.3 is 0 Å². The molecule has 0 bridgehead atoms. The van der Waals surface area contributed by atoms with Gasteiger partial charge in [-0.15, -0.1) is 0 Å². The summed E-state index contributed by atoms with van der Waals surface area (Å²) in [6.07, 6.45) is 2.29. The molecule has 2 nitrogen and oxygen atoms in total. The molecule has 0 N–H and O–H groups in total. The molecule has 0 amide bonds. The van der Waals surface area contributed by atoms with Crippen molar-refractivity contribution in [2.75, 3.05) is 32.6 Å². The lowest BCUT2D eigenvalue weighted by molar-refractivity contribution is 0.0106. The first-order valence-corrected chi connectivity index (χ1v) is 7.70. The zero-order chi connectivity index (χ0) is 12.1. The molecule has 1 aliphatic rings. The largest absolute Gasteiger partial charge is 0.381 e. The number of thiophene rings is 1. The van der Waals surface area contributed by atoms with E-state index < -0.39 is 0 Å². The number of hydrogen-bond donors (Lipinski definition) is 1. The smallest absolute Gasteiger partial charge is 0.0472 e. The summed E-state index contributed by atoms with van der Waals surface area (Å²) in [7, 11) is 2.21. The van der Waals surface area contributed by atoms with Crippen molar-refractivity contribution in [3.8, 4) is 0 Å². The predicted molar refractivity (Wildman–Crippen MR) is 77.0 cm³/mol. The fraction of sp³-hybridized carbons (Fsp3) is 0.692. The van der Waals surface area contributed by atoms with Crippen LogP contribution in [0.4, 0.5) is 0 Å². The summed E-state index contributed by atoms with van der Waals surface area (Å²) in [6.45, 7) is 3.95. The van der Waals surface area contributed by atoms with Gasteiger partial charge in [-0.25, -0.2) is 0 Å². The predicted octanol–water partition coefficient (Wildman–Crippen LogP) is 2.91. The zero-order valence-corrected chi connectivity index (χ0v) is 12.1. The van der Waals surface area contributed by atoms with Crippen LogP contribution in [0.5, 0.6) is 0 Å². The first kappa shape index (κ1) is 13.4. The number of hydrogen-bond acceptors (Lipinski definition) is 4. The van der Waals surface area contributed by atoms with Crippen molar-refractivity contribution in [2.45, 2.75) is 19.4 Å². The number of rotatable bonds is 5. The van der Waals surface area contributed by atoms with Crippen molar-refractivity contribution in [3.63, 3.8) is 0 Å². The first-order chi connectivity index (χ1) is 8.24. The molecule has 2 heterocycles. The molecule has 0 atom stereocenters. The molecule has 17 heavy (non-hydrogen) atoms. The van der Waals surface area contributed by atoms with Crippen LogP contribution in [0.15, 0.2) is 16.8 Å². The Labute approximate surface area is 113 Å². The van der Waals surface area contributed by atoms with Gasteiger partial charge in [-0.2, -0.15) is 24.0 Å². The van der Waals surface area contributed by atoms with Gasteiger partial charge in [-0.05, 0) is 53.4 Å². The fourth-order valence-corrected chi connectivity index (χ4v) is 3.57. The quantitative estimate of drug-likeness (QED) is 0.827. The molecule has 0 spiro atoms. The Morgan fingerprint density at radius 2 is 2.24 bits per heavy atom. The van der Waals surface area contributed by atoms with E-state index in [2.05, 4.69) is 41.4 Å². The topological polar surface area (TPSA) is 12.5 Å². The van der Waals surface area contributed by atoms with Gasteiger partial charge in [-0.1, -0.05) is 0 Å². The Hall–Kier alpha value is -0.0300. The third kappa shape index (κ3) is 3.71. The first-order valence-electron chi connectivity index (χ1n) is 6.12. The summed E-state index contributed by atoms with van der Waals surface area (Å²) >= 11 is 6.33. The highest BCUT2D eigenvalue weighted by molar-refractivity contribution is 7.80. The van der Waals surface area contributed by atoms with Crippen LogP contribution in [0, 0.1) is 5.41 Å². The van der Waals surface area contributed by atoms with Crippen LogP contribution >= 0.6 is 24.0 Å². The number of thiol groups is 1. The molecule has 0 aliphatic carbocycles. The maximum Gasteiger partial charge on any atom is 0.0472 e. The van der Waals surface area contributed by atoms with E-state index in [0.717, 1.165) is 44.9 Å². The lowest BCUT2D eigenvalue weighted by Crippen LogP contribution is -2.41. The number of nitrogens with zero attached hydrogens (tertiary/aromatic N) is 1. The van der Waals surface area contributed by atoms with E-state index in [9.17, 15) is 0 Å². The van der Waals surface area contributed by atoms with E-state index in [4.69, 9.17) is 4.74 Å². The molecule has 2 rings (SSSR count). The molecule has 1 saturated heterocycles. The van der Waals surface area contributed by atoms with Gasteiger partial charge < -0.3 is 9.64 Å². The van der Waals surface area contributed by atoms with Gasteiger partial charge in [0.1, 0.15) is 0 Å². The number of ether oxygens (including phenoxy) is 1. The Morgan fingerprint density at radius 3 is 2.82 bits per heavy atom. The normalized spacial score (nSPS) is 19.7. The van der Waals surface area contributed by atoms with E-state index >= 15 is 0 Å². The molecular formula is C13H21NOS2. The van der Waals surface area contributed by atoms with Crippen LogP contribution in [0.3, 0.4) is 0 Å². The third-order valence-electron chi connectivity index (χ3n) is 3.53. The third-order valence-corrected chi connectivity index (χ3v) is 4.93. The maximum atomic E-state index is 5.46. The van der Waals surface area contributed by atoms with E-state index in [1.54, 1.807) is 11.3 Å². The molecule has 1 aliphatic heterocycles. The maximum absolute atomic E-state index is 5.46. The van der Waals surface area contributed by atoms with Crippen molar-refractivity contribution in [2.24, 2.45) is 5.41 Å². The van der Waals surface area contributed by atoms with Crippen molar-refractivity contribution < 1.29 is 4.74 Å². The molecule has 1 aromatic heterocycles. The lowest BCUT2D eigenvalue weighted by atomic mass is 9.81. The molecule has 0 unspecified atom stereocenters. The van der Waals surface area contributed by atoms with E-state index in [1.165, 1.54) is 5.56 Å². The van der Waals surface area contributed by atoms with Gasteiger partial charge in [0.2, 0.25) is 0 Å². The highest BCUT2D eigenvalue weighted by Gasteiger charge is 2.32. The van der Waals surface area contributed by atoms with Crippen LogP contribution in [-0.4, -0.2) is 37.5 Å². The second-order valence-electron chi connectivity index (χ2n) is 5.07. The average Bonchev–Trinajstić information content (AvgIpc) is 2.83. The molecule has 1 aromatic rings. The van der Waals surface area contributed by atoms with Crippen molar-refractivity contribution in [3.05, 3.63) is 22.4 Å². The second kappa shape index (κ2) is 6.23. The van der Waals surface area contributed by atoms with Crippen LogP contribution in [0.1, 0.15) is 18.4 Å². The fourth-order valence-electron chi connectivity index (χ4n) is 2.49. The van der Waals surface area contributed by atoms with Gasteiger partial charge in [0.15, 0.2) is 0 Å². The summed E-state index contributed by atoms with van der Waals surface area (Å²) in [6, 6.07) is 2.21. The molecule has 1 fully saturated rings. The molecule has 0 radical (unpaired) electrons. The minimum absolute atomic E-state index is 0.353. The second-order valence-corrected chi connectivity index (χ2v) is 6.17. The standard InChI is InChI=1S/C13H21NOS2/c1-14(8-12-2-7-17-9-12)10-13(11-16)3-5-15-6-4-13/h2,7,9,16H,3-6,8,10-11H2,1H3. The Morgan fingerprint density at radius 1 is 1.47 bits per heavy atom. The van der Waals surface area contributed by atoms with Gasteiger partial charge in [0.05, 0.1) is 0 Å². The summed E-state index contributed by atoms with van der Waals surface area (Å²) in [4.78, 5) is 2.42. The monoisotopic (exact) mass is 271 g/mol. The van der Waals surface area contributed by atoms with Gasteiger partial charge in [0, 0.05) is 26.3 Å². The molecule has 0 saturated carbocycles. The summed E-state index contributed by atoms with van der Waals surface area (Å²) < 4.78 is 5.46. The van der Waals surface area contributed by atoms with Crippen LogP contribution < -0.4 is 0 Å². The molecule has 96 valence electrons. The minimum atomic E-state index is 0.353. The Kier molecular flexibility index (Phi) is 4.91. The highest BCUT2D eigenvalue weighted by atomic mass is 32.1. The van der Waals surface area contributed by atoms with Crippen molar-refractivity contribution >= 4 is 24.0 Å². The highest BCUT2D eigenvalue weighted by Crippen LogP contribution is 2.32. The van der Waals surface area contributed by atoms with Crippen LogP contribution in [0.2, 0.25) is 0 Å². The van der Waals surface area contributed by atoms with E-state index in [0.29, 0.717) is 5.41 Å². The molecule has 0 aromatic carbocycles. The SMILES string of the molecule is CN(Cc1ccsc1)CC1(CS)CCOCC1. The Bertz CT molecular complexity index is 320. The van der Waals surface area contributed by atoms with Gasteiger partial charge in [-0.3, -0.25) is 0 Å². The summed E-state index contributed by atoms with van der Waals surface area (Å²) in [5, 5.41) is 4.37. The summed E-state index contributed by atoms with van der Waals surface area (Å²) in [5.41, 5.74) is 1.77. The zero-order valence-electron chi connectivity index (χ0n) is 10.4. The molecule has 4 heteroatoms. The minimum Gasteiger partial charge on any atom is -0.381 e.